The number of ether oxygens (including phenoxy) is 2. The highest BCUT2D eigenvalue weighted by atomic mass is 16.5. The van der Waals surface area contributed by atoms with Crippen LogP contribution in [0.4, 0.5) is 4.79 Å². The second-order valence-electron chi connectivity index (χ2n) is 8.07. The summed E-state index contributed by atoms with van der Waals surface area (Å²) in [5, 5.41) is 7.75. The SMILES string of the molecule is CC(C)C(NC(=O)OCc1ccccc1)C(=O)NC1CCCCCOCCNC(=O)C1=O. The maximum absolute atomic E-state index is 12.9. The van der Waals surface area contributed by atoms with Gasteiger partial charge in [0, 0.05) is 13.2 Å². The van der Waals surface area contributed by atoms with Gasteiger partial charge in [-0.05, 0) is 24.3 Å². The van der Waals surface area contributed by atoms with E-state index >= 15 is 0 Å². The average Bonchev–Trinajstić information content (AvgIpc) is 2.78. The zero-order valence-corrected chi connectivity index (χ0v) is 18.7. The van der Waals surface area contributed by atoms with E-state index in [-0.39, 0.29) is 19.1 Å². The van der Waals surface area contributed by atoms with Crippen molar-refractivity contribution in [1.82, 2.24) is 16.0 Å². The Labute approximate surface area is 188 Å². The van der Waals surface area contributed by atoms with Gasteiger partial charge in [-0.15, -0.1) is 0 Å². The number of benzene rings is 1. The second kappa shape index (κ2) is 13.5. The number of Topliss-reactive ketones (excluding diaryl/α,β-unsaturated/α-hetero) is 1. The van der Waals surface area contributed by atoms with Crippen LogP contribution >= 0.6 is 0 Å². The van der Waals surface area contributed by atoms with E-state index < -0.39 is 35.8 Å². The summed E-state index contributed by atoms with van der Waals surface area (Å²) >= 11 is 0. The predicted molar refractivity (Wildman–Crippen MR) is 118 cm³/mol. The largest absolute Gasteiger partial charge is 0.445 e. The van der Waals surface area contributed by atoms with E-state index in [1.165, 1.54) is 0 Å². The van der Waals surface area contributed by atoms with Crippen molar-refractivity contribution in [1.29, 1.82) is 0 Å². The standard InChI is InChI=1S/C23H33N3O6/c1-16(2)19(26-23(30)32-15-17-9-5-3-6-10-17)21(28)25-18-11-7-4-8-13-31-14-12-24-22(29)20(18)27/h3,5-6,9-10,16,18-19H,4,7-8,11-15H2,1-2H3,(H,24,29)(H,25,28)(H,26,30). The zero-order chi connectivity index (χ0) is 23.3. The van der Waals surface area contributed by atoms with E-state index in [9.17, 15) is 19.2 Å². The minimum Gasteiger partial charge on any atom is -0.445 e. The number of carbonyl (C=O) groups is 4. The fourth-order valence-electron chi connectivity index (χ4n) is 3.27. The van der Waals surface area contributed by atoms with Crippen molar-refractivity contribution in [3.05, 3.63) is 35.9 Å². The summed E-state index contributed by atoms with van der Waals surface area (Å²) in [7, 11) is 0. The van der Waals surface area contributed by atoms with Crippen LogP contribution in [-0.2, 0) is 30.5 Å². The lowest BCUT2D eigenvalue weighted by molar-refractivity contribution is -0.140. The number of carbonyl (C=O) groups excluding carboxylic acids is 4. The van der Waals surface area contributed by atoms with Crippen molar-refractivity contribution in [3.8, 4) is 0 Å². The van der Waals surface area contributed by atoms with Crippen LogP contribution in [0.3, 0.4) is 0 Å². The van der Waals surface area contributed by atoms with Crippen molar-refractivity contribution in [2.75, 3.05) is 19.8 Å². The van der Waals surface area contributed by atoms with Crippen LogP contribution in [0.1, 0.15) is 45.1 Å². The van der Waals surface area contributed by atoms with Gasteiger partial charge in [0.1, 0.15) is 12.6 Å². The quantitative estimate of drug-likeness (QED) is 0.571. The van der Waals surface area contributed by atoms with Crippen molar-refractivity contribution < 1.29 is 28.7 Å². The number of rotatable bonds is 6. The molecule has 0 radical (unpaired) electrons. The summed E-state index contributed by atoms with van der Waals surface area (Å²) in [5.74, 6) is -2.24. The first-order valence-electron chi connectivity index (χ1n) is 11.1. The van der Waals surface area contributed by atoms with Crippen molar-refractivity contribution >= 4 is 23.7 Å². The van der Waals surface area contributed by atoms with E-state index in [0.717, 1.165) is 18.4 Å². The van der Waals surface area contributed by atoms with Gasteiger partial charge in [-0.3, -0.25) is 14.4 Å². The highest BCUT2D eigenvalue weighted by molar-refractivity contribution is 6.38. The molecule has 0 saturated carbocycles. The monoisotopic (exact) mass is 447 g/mol. The third-order valence-corrected chi connectivity index (χ3v) is 5.11. The minimum absolute atomic E-state index is 0.0735. The van der Waals surface area contributed by atoms with Crippen molar-refractivity contribution in [2.24, 2.45) is 5.92 Å². The van der Waals surface area contributed by atoms with Gasteiger partial charge in [0.25, 0.3) is 5.91 Å². The lowest BCUT2D eigenvalue weighted by atomic mass is 10.00. The zero-order valence-electron chi connectivity index (χ0n) is 18.7. The number of nitrogens with one attached hydrogen (secondary N) is 3. The van der Waals surface area contributed by atoms with Crippen LogP contribution in [0.15, 0.2) is 30.3 Å². The molecule has 1 aliphatic heterocycles. The molecular weight excluding hydrogens is 414 g/mol. The molecule has 0 aromatic heterocycles. The fraction of sp³-hybridized carbons (Fsp3) is 0.565. The molecule has 1 saturated heterocycles. The van der Waals surface area contributed by atoms with E-state index in [2.05, 4.69) is 16.0 Å². The minimum atomic E-state index is -0.953. The van der Waals surface area contributed by atoms with Gasteiger partial charge in [0.15, 0.2) is 0 Å². The van der Waals surface area contributed by atoms with Gasteiger partial charge in [0.05, 0.1) is 12.6 Å². The van der Waals surface area contributed by atoms with E-state index in [0.29, 0.717) is 26.1 Å². The molecule has 176 valence electrons. The first kappa shape index (κ1) is 25.3. The molecule has 32 heavy (non-hydrogen) atoms. The normalized spacial score (nSPS) is 19.2. The molecule has 2 atom stereocenters. The molecule has 1 aromatic rings. The summed E-state index contributed by atoms with van der Waals surface area (Å²) < 4.78 is 10.6. The van der Waals surface area contributed by atoms with Gasteiger partial charge < -0.3 is 25.4 Å². The van der Waals surface area contributed by atoms with Gasteiger partial charge in [-0.25, -0.2) is 4.79 Å². The molecule has 0 spiro atoms. The molecule has 0 bridgehead atoms. The maximum Gasteiger partial charge on any atom is 0.408 e. The summed E-state index contributed by atoms with van der Waals surface area (Å²) in [5.41, 5.74) is 0.823. The second-order valence-corrected chi connectivity index (χ2v) is 8.07. The highest BCUT2D eigenvalue weighted by Crippen LogP contribution is 2.09. The number of amides is 3. The van der Waals surface area contributed by atoms with E-state index in [4.69, 9.17) is 9.47 Å². The Morgan fingerprint density at radius 3 is 2.59 bits per heavy atom. The van der Waals surface area contributed by atoms with Crippen molar-refractivity contribution in [3.63, 3.8) is 0 Å². The van der Waals surface area contributed by atoms with Gasteiger partial charge >= 0.3 is 6.09 Å². The van der Waals surface area contributed by atoms with E-state index in [1.54, 1.807) is 13.8 Å². The Morgan fingerprint density at radius 1 is 1.12 bits per heavy atom. The lowest BCUT2D eigenvalue weighted by Gasteiger charge is -2.25. The fourth-order valence-corrected chi connectivity index (χ4v) is 3.27. The number of ketones is 1. The molecule has 1 heterocycles. The predicted octanol–water partition coefficient (Wildman–Crippen LogP) is 1.70. The number of hydrogen-bond acceptors (Lipinski definition) is 6. The molecule has 2 unspecified atom stereocenters. The smallest absolute Gasteiger partial charge is 0.408 e. The Kier molecular flexibility index (Phi) is 10.7. The summed E-state index contributed by atoms with van der Waals surface area (Å²) in [6, 6.07) is 7.32. The summed E-state index contributed by atoms with van der Waals surface area (Å²) in [6.07, 6.45) is 1.92. The topological polar surface area (TPSA) is 123 Å². The third kappa shape index (κ3) is 8.66. The molecule has 3 amide bonds. The molecule has 1 fully saturated rings. The number of hydrogen-bond donors (Lipinski definition) is 3. The molecule has 0 aliphatic carbocycles. The average molecular weight is 448 g/mol. The lowest BCUT2D eigenvalue weighted by Crippen LogP contribution is -2.55. The summed E-state index contributed by atoms with van der Waals surface area (Å²) in [6.45, 7) is 4.78. The van der Waals surface area contributed by atoms with Crippen LogP contribution in [0.25, 0.3) is 0 Å². The van der Waals surface area contributed by atoms with Gasteiger partial charge in [-0.2, -0.15) is 0 Å². The Morgan fingerprint density at radius 2 is 1.88 bits per heavy atom. The molecular formula is C23H33N3O6. The van der Waals surface area contributed by atoms with Crippen LogP contribution in [0, 0.1) is 5.92 Å². The molecule has 3 N–H and O–H groups in total. The van der Waals surface area contributed by atoms with E-state index in [1.807, 2.05) is 30.3 Å². The highest BCUT2D eigenvalue weighted by Gasteiger charge is 2.31. The Balaban J connectivity index is 1.97. The van der Waals surface area contributed by atoms with Crippen LogP contribution in [0.2, 0.25) is 0 Å². The number of alkyl carbamates (subject to hydrolysis) is 1. The van der Waals surface area contributed by atoms with Crippen LogP contribution < -0.4 is 16.0 Å². The molecule has 9 heteroatoms. The molecule has 9 nitrogen and oxygen atoms in total. The van der Waals surface area contributed by atoms with Crippen LogP contribution in [0.5, 0.6) is 0 Å². The molecule has 1 aliphatic rings. The van der Waals surface area contributed by atoms with Crippen LogP contribution in [-0.4, -0.2) is 55.5 Å². The molecule has 1 aromatic carbocycles. The Hall–Kier alpha value is -2.94. The van der Waals surface area contributed by atoms with Crippen molar-refractivity contribution in [2.45, 2.75) is 58.2 Å². The first-order chi connectivity index (χ1) is 15.4. The summed E-state index contributed by atoms with van der Waals surface area (Å²) in [4.78, 5) is 49.9. The third-order valence-electron chi connectivity index (χ3n) is 5.11. The maximum atomic E-state index is 12.9. The van der Waals surface area contributed by atoms with Gasteiger partial charge in [0.2, 0.25) is 11.7 Å². The molecule has 2 rings (SSSR count). The van der Waals surface area contributed by atoms with Gasteiger partial charge in [-0.1, -0.05) is 57.0 Å². The first-order valence-corrected chi connectivity index (χ1v) is 11.1. The Bertz CT molecular complexity index is 768.